The lowest BCUT2D eigenvalue weighted by Crippen LogP contribution is -2.26. The van der Waals surface area contributed by atoms with E-state index >= 15 is 0 Å². The quantitative estimate of drug-likeness (QED) is 0.819. The second kappa shape index (κ2) is 3.32. The zero-order chi connectivity index (χ0) is 12.0. The summed E-state index contributed by atoms with van der Waals surface area (Å²) in [5.41, 5.74) is 2.29. The average molecular weight is 230 g/mol. The Labute approximate surface area is 99.0 Å². The maximum Gasteiger partial charge on any atom is 0.167 e. The van der Waals surface area contributed by atoms with E-state index in [2.05, 4.69) is 24.0 Å². The maximum absolute atomic E-state index is 12.2. The van der Waals surface area contributed by atoms with Crippen LogP contribution in [0.4, 0.5) is 0 Å². The Hall–Kier alpha value is -1.84. The predicted octanol–water partition coefficient (Wildman–Crippen LogP) is 2.82. The molecule has 0 spiro atoms. The van der Waals surface area contributed by atoms with Gasteiger partial charge in [-0.2, -0.15) is 5.10 Å². The number of nitrogens with zero attached hydrogens (tertiary/aromatic N) is 1. The fourth-order valence-corrected chi connectivity index (χ4v) is 2.46. The first-order valence-corrected chi connectivity index (χ1v) is 5.71. The van der Waals surface area contributed by atoms with Crippen LogP contribution in [-0.2, 0) is 6.42 Å². The van der Waals surface area contributed by atoms with Gasteiger partial charge in [0.15, 0.2) is 11.5 Å². The molecule has 0 aliphatic heterocycles. The van der Waals surface area contributed by atoms with Crippen molar-refractivity contribution >= 4 is 5.78 Å². The van der Waals surface area contributed by atoms with Crippen LogP contribution in [0.5, 0.6) is 0 Å². The maximum atomic E-state index is 12.2. The van der Waals surface area contributed by atoms with E-state index in [1.54, 1.807) is 12.3 Å². The van der Waals surface area contributed by atoms with E-state index in [4.69, 9.17) is 4.42 Å². The van der Waals surface area contributed by atoms with Crippen molar-refractivity contribution in [3.05, 3.63) is 29.7 Å². The number of furan rings is 1. The molecule has 1 aliphatic carbocycles. The lowest BCUT2D eigenvalue weighted by atomic mass is 9.75. The molecule has 3 rings (SSSR count). The van der Waals surface area contributed by atoms with Crippen LogP contribution in [0.25, 0.3) is 11.5 Å². The summed E-state index contributed by atoms with van der Waals surface area (Å²) in [6, 6.07) is 3.62. The van der Waals surface area contributed by atoms with Gasteiger partial charge in [0.25, 0.3) is 0 Å². The van der Waals surface area contributed by atoms with Crippen LogP contribution in [0.2, 0.25) is 0 Å². The minimum atomic E-state index is 0.0110. The molecule has 0 saturated heterocycles. The molecular weight excluding hydrogens is 216 g/mol. The number of carbonyl (C=O) groups excluding carboxylic acids is 1. The molecule has 88 valence electrons. The third-order valence-electron chi connectivity index (χ3n) is 3.17. The summed E-state index contributed by atoms with van der Waals surface area (Å²) in [4.78, 5) is 12.2. The van der Waals surface area contributed by atoms with Gasteiger partial charge >= 0.3 is 0 Å². The summed E-state index contributed by atoms with van der Waals surface area (Å²) < 4.78 is 5.31. The van der Waals surface area contributed by atoms with Crippen molar-refractivity contribution in [2.24, 2.45) is 5.41 Å². The standard InChI is InChI=1S/C13H14N2O2/c1-13(2)6-8-11(9(16)7-13)12(15-14-8)10-4-3-5-17-10/h3-5H,6-7H2,1-2H3,(H,14,15). The van der Waals surface area contributed by atoms with E-state index in [0.717, 1.165) is 12.1 Å². The van der Waals surface area contributed by atoms with Crippen molar-refractivity contribution in [3.63, 3.8) is 0 Å². The molecular formula is C13H14N2O2. The van der Waals surface area contributed by atoms with Crippen LogP contribution < -0.4 is 0 Å². The molecule has 0 aromatic carbocycles. The van der Waals surface area contributed by atoms with Gasteiger partial charge in [0, 0.05) is 12.1 Å². The number of Topliss-reactive ketones (excluding diaryl/α,β-unsaturated/α-hetero) is 1. The minimum Gasteiger partial charge on any atom is -0.463 e. The minimum absolute atomic E-state index is 0.0110. The first-order valence-electron chi connectivity index (χ1n) is 5.71. The zero-order valence-corrected chi connectivity index (χ0v) is 9.91. The summed E-state index contributed by atoms with van der Waals surface area (Å²) in [5.74, 6) is 0.798. The molecule has 2 aromatic rings. The molecule has 0 saturated carbocycles. The van der Waals surface area contributed by atoms with E-state index in [1.807, 2.05) is 6.07 Å². The number of aromatic amines is 1. The molecule has 0 atom stereocenters. The molecule has 1 aliphatic rings. The number of rotatable bonds is 1. The van der Waals surface area contributed by atoms with E-state index in [9.17, 15) is 4.79 Å². The number of H-pyrrole nitrogens is 1. The first kappa shape index (κ1) is 10.3. The summed E-state index contributed by atoms with van der Waals surface area (Å²) in [5, 5.41) is 7.19. The molecule has 0 fully saturated rings. The highest BCUT2D eigenvalue weighted by atomic mass is 16.3. The number of hydrogen-bond donors (Lipinski definition) is 1. The molecule has 0 bridgehead atoms. The SMILES string of the molecule is CC1(C)CC(=O)c2c(-c3ccco3)n[nH]c2C1. The van der Waals surface area contributed by atoms with Crippen molar-refractivity contribution < 1.29 is 9.21 Å². The van der Waals surface area contributed by atoms with Crippen LogP contribution in [0.15, 0.2) is 22.8 Å². The third kappa shape index (κ3) is 1.60. The molecule has 4 nitrogen and oxygen atoms in total. The van der Waals surface area contributed by atoms with Crippen molar-refractivity contribution in [1.29, 1.82) is 0 Å². The molecule has 0 amide bonds. The van der Waals surface area contributed by atoms with Gasteiger partial charge < -0.3 is 4.42 Å². The highest BCUT2D eigenvalue weighted by molar-refractivity contribution is 6.03. The Balaban J connectivity index is 2.13. The Morgan fingerprint density at radius 2 is 2.24 bits per heavy atom. The summed E-state index contributed by atoms with van der Waals surface area (Å²) in [6.07, 6.45) is 3.00. The van der Waals surface area contributed by atoms with E-state index in [0.29, 0.717) is 23.4 Å². The summed E-state index contributed by atoms with van der Waals surface area (Å²) in [7, 11) is 0. The van der Waals surface area contributed by atoms with Gasteiger partial charge in [0.2, 0.25) is 0 Å². The average Bonchev–Trinajstić information content (AvgIpc) is 2.81. The smallest absolute Gasteiger partial charge is 0.167 e. The van der Waals surface area contributed by atoms with Gasteiger partial charge in [-0.1, -0.05) is 13.8 Å². The highest BCUT2D eigenvalue weighted by Crippen LogP contribution is 2.37. The van der Waals surface area contributed by atoms with E-state index < -0.39 is 0 Å². The molecule has 0 unspecified atom stereocenters. The molecule has 2 aromatic heterocycles. The van der Waals surface area contributed by atoms with Crippen molar-refractivity contribution in [3.8, 4) is 11.5 Å². The van der Waals surface area contributed by atoms with Crippen molar-refractivity contribution in [1.82, 2.24) is 10.2 Å². The lowest BCUT2D eigenvalue weighted by molar-refractivity contribution is 0.0912. The molecule has 1 N–H and O–H groups in total. The zero-order valence-electron chi connectivity index (χ0n) is 9.91. The first-order chi connectivity index (χ1) is 8.07. The van der Waals surface area contributed by atoms with E-state index in [-0.39, 0.29) is 11.2 Å². The fraction of sp³-hybridized carbons (Fsp3) is 0.385. The molecule has 0 radical (unpaired) electrons. The molecule has 17 heavy (non-hydrogen) atoms. The number of carbonyl (C=O) groups is 1. The van der Waals surface area contributed by atoms with Gasteiger partial charge in [-0.05, 0) is 24.0 Å². The largest absolute Gasteiger partial charge is 0.463 e. The topological polar surface area (TPSA) is 58.9 Å². The lowest BCUT2D eigenvalue weighted by Gasteiger charge is -2.27. The second-order valence-electron chi connectivity index (χ2n) is 5.34. The summed E-state index contributed by atoms with van der Waals surface area (Å²) >= 11 is 0. The van der Waals surface area contributed by atoms with Crippen LogP contribution in [-0.4, -0.2) is 16.0 Å². The number of nitrogens with one attached hydrogen (secondary N) is 1. The Morgan fingerprint density at radius 1 is 1.41 bits per heavy atom. The normalized spacial score (nSPS) is 18.1. The Morgan fingerprint density at radius 3 is 2.94 bits per heavy atom. The number of hydrogen-bond acceptors (Lipinski definition) is 3. The second-order valence-corrected chi connectivity index (χ2v) is 5.34. The predicted molar refractivity (Wildman–Crippen MR) is 62.7 cm³/mol. The van der Waals surface area contributed by atoms with Gasteiger partial charge in [0.05, 0.1) is 11.8 Å². The van der Waals surface area contributed by atoms with Crippen molar-refractivity contribution in [2.45, 2.75) is 26.7 Å². The van der Waals surface area contributed by atoms with E-state index in [1.165, 1.54) is 0 Å². The number of aromatic nitrogens is 2. The van der Waals surface area contributed by atoms with Gasteiger partial charge in [-0.15, -0.1) is 0 Å². The van der Waals surface area contributed by atoms with Crippen molar-refractivity contribution in [2.75, 3.05) is 0 Å². The third-order valence-corrected chi connectivity index (χ3v) is 3.17. The van der Waals surface area contributed by atoms with Gasteiger partial charge in [-0.3, -0.25) is 9.89 Å². The fourth-order valence-electron chi connectivity index (χ4n) is 2.46. The summed E-state index contributed by atoms with van der Waals surface area (Å²) in [6.45, 7) is 4.20. The monoisotopic (exact) mass is 230 g/mol. The Kier molecular flexibility index (Phi) is 2.02. The van der Waals surface area contributed by atoms with Crippen LogP contribution in [0.1, 0.15) is 36.3 Å². The van der Waals surface area contributed by atoms with Gasteiger partial charge in [0.1, 0.15) is 5.69 Å². The van der Waals surface area contributed by atoms with Crippen LogP contribution >= 0.6 is 0 Å². The number of fused-ring (bicyclic) bond motifs is 1. The molecule has 4 heteroatoms. The number of ketones is 1. The molecule has 2 heterocycles. The van der Waals surface area contributed by atoms with Crippen LogP contribution in [0, 0.1) is 5.41 Å². The highest BCUT2D eigenvalue weighted by Gasteiger charge is 2.35. The Bertz CT molecular complexity index is 564. The van der Waals surface area contributed by atoms with Crippen LogP contribution in [0.3, 0.4) is 0 Å². The van der Waals surface area contributed by atoms with Gasteiger partial charge in [-0.25, -0.2) is 0 Å².